The summed E-state index contributed by atoms with van der Waals surface area (Å²) in [5.41, 5.74) is 0. The van der Waals surface area contributed by atoms with E-state index < -0.39 is 23.9 Å². The molecule has 9 heteroatoms. The minimum Gasteiger partial charge on any atom is -0.478 e. The van der Waals surface area contributed by atoms with Crippen LogP contribution in [0, 0.1) is 0 Å². The van der Waals surface area contributed by atoms with Crippen LogP contribution in [0.5, 0.6) is 0 Å². The molecule has 0 aromatic rings. The summed E-state index contributed by atoms with van der Waals surface area (Å²) in [5.74, 6) is -3.67. The maximum absolute atomic E-state index is 10.1. The van der Waals surface area contributed by atoms with Crippen LogP contribution in [-0.2, 0) is 28.7 Å². The maximum atomic E-state index is 10.1. The molecule has 0 saturated heterocycles. The van der Waals surface area contributed by atoms with Crippen LogP contribution in [0.25, 0.3) is 0 Å². The van der Waals surface area contributed by atoms with Gasteiger partial charge in [-0.15, -0.1) is 0 Å². The Morgan fingerprint density at radius 2 is 1.07 bits per heavy atom. The summed E-state index contributed by atoms with van der Waals surface area (Å²) in [5, 5.41) is 15.9. The van der Waals surface area contributed by atoms with Crippen LogP contribution in [-0.4, -0.2) is 69.5 Å². The van der Waals surface area contributed by atoms with Gasteiger partial charge in [0.15, 0.2) is 0 Å². The van der Waals surface area contributed by atoms with Crippen molar-refractivity contribution in [2.24, 2.45) is 0 Å². The third-order valence-corrected chi connectivity index (χ3v) is 6.58. The molecule has 0 spiro atoms. The zero-order chi connectivity index (χ0) is 21.5. The van der Waals surface area contributed by atoms with E-state index in [-0.39, 0.29) is 21.1 Å². The van der Waals surface area contributed by atoms with Crippen LogP contribution >= 0.6 is 0 Å². The molecule has 0 heterocycles. The Balaban J connectivity index is -0.000000320. The van der Waals surface area contributed by atoms with Crippen molar-refractivity contribution in [1.82, 2.24) is 0 Å². The maximum Gasteiger partial charge on any atom is 0.330 e. The van der Waals surface area contributed by atoms with Crippen molar-refractivity contribution in [2.75, 3.05) is 14.2 Å². The average Bonchev–Trinajstić information content (AvgIpc) is 2.65. The van der Waals surface area contributed by atoms with Crippen molar-refractivity contribution in [1.29, 1.82) is 0 Å². The summed E-state index contributed by atoms with van der Waals surface area (Å²) in [6, 6.07) is 0. The summed E-state index contributed by atoms with van der Waals surface area (Å²) in [6.45, 7) is 4.58. The number of carboxylic acids is 2. The molecule has 0 atom stereocenters. The molecule has 0 unspecified atom stereocenters. The minimum atomic E-state index is -1.17. The molecule has 0 aromatic heterocycles. The Bertz CT molecular complexity index is 430. The molecule has 0 fully saturated rings. The normalized spacial score (nSPS) is 9.63. The Hall–Kier alpha value is -1.84. The van der Waals surface area contributed by atoms with Gasteiger partial charge in [-0.2, -0.15) is 0 Å². The van der Waals surface area contributed by atoms with Crippen molar-refractivity contribution in [3.05, 3.63) is 24.3 Å². The molecule has 8 nitrogen and oxygen atoms in total. The third kappa shape index (κ3) is 36.0. The number of ether oxygens (including phenoxy) is 2. The summed E-state index contributed by atoms with van der Waals surface area (Å²) in [4.78, 5) is 39.7. The van der Waals surface area contributed by atoms with E-state index in [2.05, 4.69) is 23.3 Å². The fourth-order valence-corrected chi connectivity index (χ4v) is 5.30. The van der Waals surface area contributed by atoms with E-state index in [1.807, 2.05) is 0 Å². The van der Waals surface area contributed by atoms with Gasteiger partial charge in [-0.05, 0) is 0 Å². The molecular formula is C18H30O8Sn. The van der Waals surface area contributed by atoms with Gasteiger partial charge in [0.05, 0.1) is 14.2 Å². The van der Waals surface area contributed by atoms with Crippen LogP contribution in [0.15, 0.2) is 24.3 Å². The van der Waals surface area contributed by atoms with Crippen molar-refractivity contribution >= 4 is 45.0 Å². The molecule has 0 rings (SSSR count). The number of methoxy groups -OCH3 is 2. The predicted molar refractivity (Wildman–Crippen MR) is 103 cm³/mol. The third-order valence-electron chi connectivity index (χ3n) is 2.54. The number of rotatable bonds is 10. The average molecular weight is 493 g/mol. The number of hydrogen-bond acceptors (Lipinski definition) is 6. The van der Waals surface area contributed by atoms with Gasteiger partial charge in [0.1, 0.15) is 0 Å². The van der Waals surface area contributed by atoms with Crippen LogP contribution in [0.1, 0.15) is 39.5 Å². The zero-order valence-electron chi connectivity index (χ0n) is 16.4. The summed E-state index contributed by atoms with van der Waals surface area (Å²) < 4.78 is 11.5. The quantitative estimate of drug-likeness (QED) is 0.206. The van der Waals surface area contributed by atoms with E-state index >= 15 is 0 Å². The number of carboxylic acid groups (broad SMARTS) is 2. The Kier molecular flexibility index (Phi) is 26.8. The van der Waals surface area contributed by atoms with E-state index in [9.17, 15) is 19.2 Å². The molecule has 154 valence electrons. The van der Waals surface area contributed by atoms with Crippen molar-refractivity contribution in [2.45, 2.75) is 48.4 Å². The van der Waals surface area contributed by atoms with Gasteiger partial charge in [-0.1, -0.05) is 0 Å². The standard InChI is InChI=1S/2C5H6O4.2C4H9.Sn/c2*1-9-5(8)3-2-4(6)7;2*1-3-4-2;/h2*2-3H,1H3,(H,6,7);2*1,3-4H2,2H3;/b2*3-2-;;;. The van der Waals surface area contributed by atoms with Crippen molar-refractivity contribution in [3.63, 3.8) is 0 Å². The predicted octanol–water partition coefficient (Wildman–Crippen LogP) is 2.73. The van der Waals surface area contributed by atoms with Crippen molar-refractivity contribution < 1.29 is 38.9 Å². The largest absolute Gasteiger partial charge is 0.478 e. The first-order chi connectivity index (χ1) is 12.7. The number of hydrogen-bond donors (Lipinski definition) is 2. The molecule has 0 amide bonds. The van der Waals surface area contributed by atoms with E-state index in [0.29, 0.717) is 12.2 Å². The Morgan fingerprint density at radius 1 is 0.741 bits per heavy atom. The topological polar surface area (TPSA) is 127 Å². The summed E-state index contributed by atoms with van der Waals surface area (Å²) >= 11 is 0.149. The smallest absolute Gasteiger partial charge is 0.330 e. The molecule has 0 saturated carbocycles. The van der Waals surface area contributed by atoms with Gasteiger partial charge in [0, 0.05) is 24.3 Å². The first kappa shape index (κ1) is 29.9. The molecule has 0 aliphatic rings. The first-order valence-electron chi connectivity index (χ1n) is 8.43. The summed E-state index contributed by atoms with van der Waals surface area (Å²) in [7, 11) is 2.35. The second-order valence-corrected chi connectivity index (χ2v) is 9.13. The fraction of sp³-hybridized carbons (Fsp3) is 0.556. The van der Waals surface area contributed by atoms with E-state index in [1.54, 1.807) is 8.87 Å². The molecule has 27 heavy (non-hydrogen) atoms. The molecule has 0 aliphatic heterocycles. The van der Waals surface area contributed by atoms with Gasteiger partial charge in [0.2, 0.25) is 0 Å². The Morgan fingerprint density at radius 3 is 1.30 bits per heavy atom. The van der Waals surface area contributed by atoms with E-state index in [1.165, 1.54) is 39.9 Å². The second-order valence-electron chi connectivity index (χ2n) is 4.85. The van der Waals surface area contributed by atoms with E-state index in [0.717, 1.165) is 12.2 Å². The van der Waals surface area contributed by atoms with Crippen LogP contribution in [0.2, 0.25) is 8.87 Å². The Labute approximate surface area is 170 Å². The number of carbonyl (C=O) groups is 4. The van der Waals surface area contributed by atoms with Crippen molar-refractivity contribution in [3.8, 4) is 0 Å². The molecule has 0 aromatic carbocycles. The first-order valence-corrected chi connectivity index (χ1v) is 12.5. The van der Waals surface area contributed by atoms with Gasteiger partial charge in [-0.25, -0.2) is 19.2 Å². The summed E-state index contributed by atoms with van der Waals surface area (Å²) in [6.07, 6.45) is 8.94. The van der Waals surface area contributed by atoms with Crippen LogP contribution in [0.4, 0.5) is 0 Å². The fourth-order valence-electron chi connectivity index (χ4n) is 1.14. The number of unbranched alkanes of at least 4 members (excludes halogenated alkanes) is 2. The zero-order valence-corrected chi connectivity index (χ0v) is 19.3. The minimum absolute atomic E-state index is 0.149. The molecule has 2 N–H and O–H groups in total. The van der Waals surface area contributed by atoms with Gasteiger partial charge >= 0.3 is 93.4 Å². The van der Waals surface area contributed by atoms with Gasteiger partial charge < -0.3 is 19.7 Å². The second kappa shape index (κ2) is 24.2. The SMILES string of the molecule is CCC[CH2][Sn][CH2]CCC.COC(=O)/C=C\C(=O)O.COC(=O)/C=C\C(=O)O. The van der Waals surface area contributed by atoms with Crippen LogP contribution < -0.4 is 0 Å². The molecule has 0 bridgehead atoms. The van der Waals surface area contributed by atoms with E-state index in [4.69, 9.17) is 10.2 Å². The molecule has 0 aliphatic carbocycles. The van der Waals surface area contributed by atoms with Gasteiger partial charge in [-0.3, -0.25) is 0 Å². The molecule has 2 radical (unpaired) electrons. The molecular weight excluding hydrogens is 463 g/mol. The monoisotopic (exact) mass is 494 g/mol. The van der Waals surface area contributed by atoms with Crippen LogP contribution in [0.3, 0.4) is 0 Å². The number of aliphatic carboxylic acids is 2. The number of carbonyl (C=O) groups excluding carboxylic acids is 2. The van der Waals surface area contributed by atoms with Gasteiger partial charge in [0.25, 0.3) is 0 Å². The number of esters is 2.